The van der Waals surface area contributed by atoms with Gasteiger partial charge in [-0.25, -0.2) is 9.78 Å². The lowest BCUT2D eigenvalue weighted by Crippen LogP contribution is -2.47. The number of nitrogens with zero attached hydrogens (tertiary/aromatic N) is 2. The third-order valence-corrected chi connectivity index (χ3v) is 4.15. The summed E-state index contributed by atoms with van der Waals surface area (Å²) < 4.78 is 46.5. The van der Waals surface area contributed by atoms with Gasteiger partial charge >= 0.3 is 12.2 Å². The van der Waals surface area contributed by atoms with Crippen molar-refractivity contribution >= 4 is 17.6 Å². The predicted octanol–water partition coefficient (Wildman–Crippen LogP) is 2.59. The van der Waals surface area contributed by atoms with Gasteiger partial charge in [-0.2, -0.15) is 13.2 Å². The maximum Gasteiger partial charge on any atom is 0.424 e. The summed E-state index contributed by atoms with van der Waals surface area (Å²) in [7, 11) is 1.35. The van der Waals surface area contributed by atoms with Crippen LogP contribution < -0.4 is 15.4 Å². The normalized spacial score (nSPS) is 13.6. The SMILES string of the molecule is Cn1ccnc1C(O)(CCNC(=O)NCCOc1ccc(Cl)cc1)C(F)(F)F. The van der Waals surface area contributed by atoms with Crippen LogP contribution in [0.2, 0.25) is 5.02 Å². The second kappa shape index (κ2) is 9.16. The largest absolute Gasteiger partial charge is 0.492 e. The van der Waals surface area contributed by atoms with Crippen LogP contribution in [0.25, 0.3) is 0 Å². The van der Waals surface area contributed by atoms with Gasteiger partial charge in [-0.1, -0.05) is 11.6 Å². The number of alkyl halides is 3. The van der Waals surface area contributed by atoms with Crippen LogP contribution in [0.5, 0.6) is 5.75 Å². The molecule has 1 aromatic heterocycles. The number of aromatic nitrogens is 2. The monoisotopic (exact) mass is 420 g/mol. The minimum atomic E-state index is -4.95. The average molecular weight is 421 g/mol. The van der Waals surface area contributed by atoms with Crippen molar-refractivity contribution in [3.8, 4) is 5.75 Å². The molecule has 0 fully saturated rings. The standard InChI is InChI=1S/C17H20ClF3N4O3/c1-25-10-8-22-14(25)16(27,17(19,20)21)6-7-23-15(26)24-9-11-28-13-4-2-12(18)3-5-13/h2-5,8,10,27H,6-7,9,11H2,1H3,(H2,23,24,26). The van der Waals surface area contributed by atoms with Crippen molar-refractivity contribution in [3.63, 3.8) is 0 Å². The smallest absolute Gasteiger partial charge is 0.424 e. The zero-order valence-electron chi connectivity index (χ0n) is 15.0. The van der Waals surface area contributed by atoms with Crippen LogP contribution in [-0.2, 0) is 12.6 Å². The molecule has 154 valence electrons. The summed E-state index contributed by atoms with van der Waals surface area (Å²) in [5.74, 6) is 0.0236. The third-order valence-electron chi connectivity index (χ3n) is 3.90. The molecule has 11 heteroatoms. The Bertz CT molecular complexity index is 783. The first-order chi connectivity index (χ1) is 13.1. The van der Waals surface area contributed by atoms with Gasteiger partial charge in [-0.15, -0.1) is 0 Å². The van der Waals surface area contributed by atoms with Crippen molar-refractivity contribution in [3.05, 3.63) is 47.5 Å². The number of urea groups is 1. The molecule has 0 saturated carbocycles. The Kier molecular flexibility index (Phi) is 7.14. The van der Waals surface area contributed by atoms with Crippen molar-refractivity contribution in [2.75, 3.05) is 19.7 Å². The molecule has 0 aliphatic heterocycles. The number of benzene rings is 1. The number of hydrogen-bond donors (Lipinski definition) is 3. The van der Waals surface area contributed by atoms with Crippen molar-refractivity contribution in [1.29, 1.82) is 0 Å². The van der Waals surface area contributed by atoms with E-state index >= 15 is 0 Å². The van der Waals surface area contributed by atoms with Crippen molar-refractivity contribution in [2.24, 2.45) is 7.05 Å². The predicted molar refractivity (Wildman–Crippen MR) is 96.1 cm³/mol. The molecule has 1 atom stereocenters. The van der Waals surface area contributed by atoms with Crippen LogP contribution in [0.1, 0.15) is 12.2 Å². The van der Waals surface area contributed by atoms with Crippen LogP contribution in [0.3, 0.4) is 0 Å². The van der Waals surface area contributed by atoms with E-state index in [2.05, 4.69) is 15.6 Å². The molecule has 2 rings (SSSR count). The van der Waals surface area contributed by atoms with E-state index in [0.717, 1.165) is 10.8 Å². The van der Waals surface area contributed by atoms with Gasteiger partial charge in [0.15, 0.2) is 0 Å². The summed E-state index contributed by atoms with van der Waals surface area (Å²) in [6, 6.07) is 5.96. The second-order valence-corrected chi connectivity index (χ2v) is 6.39. The fourth-order valence-corrected chi connectivity index (χ4v) is 2.55. The first kappa shape index (κ1) is 21.8. The molecular weight excluding hydrogens is 401 g/mol. The Hall–Kier alpha value is -2.46. The lowest BCUT2D eigenvalue weighted by Gasteiger charge is -2.29. The number of imidazole rings is 1. The fourth-order valence-electron chi connectivity index (χ4n) is 2.43. The fraction of sp³-hybridized carbons (Fsp3) is 0.412. The Morgan fingerprint density at radius 3 is 2.46 bits per heavy atom. The van der Waals surface area contributed by atoms with Gasteiger partial charge in [0.25, 0.3) is 0 Å². The van der Waals surface area contributed by atoms with Crippen LogP contribution >= 0.6 is 11.6 Å². The molecule has 0 bridgehead atoms. The molecule has 0 aliphatic rings. The van der Waals surface area contributed by atoms with E-state index in [1.807, 2.05) is 0 Å². The van der Waals surface area contributed by atoms with E-state index in [1.54, 1.807) is 24.3 Å². The Morgan fingerprint density at radius 1 is 1.25 bits per heavy atom. The maximum absolute atomic E-state index is 13.4. The molecule has 0 saturated heterocycles. The summed E-state index contributed by atoms with van der Waals surface area (Å²) in [5.41, 5.74) is -3.17. The number of ether oxygens (including phenoxy) is 1. The van der Waals surface area contributed by atoms with E-state index in [-0.39, 0.29) is 13.2 Å². The van der Waals surface area contributed by atoms with E-state index < -0.39 is 36.6 Å². The highest BCUT2D eigenvalue weighted by Gasteiger charge is 2.57. The first-order valence-electron chi connectivity index (χ1n) is 8.30. The summed E-state index contributed by atoms with van der Waals surface area (Å²) in [5, 5.41) is 15.4. The number of nitrogens with one attached hydrogen (secondary N) is 2. The van der Waals surface area contributed by atoms with Crippen LogP contribution in [-0.4, -0.2) is 46.6 Å². The number of carbonyl (C=O) groups excluding carboxylic acids is 1. The molecular formula is C17H20ClF3N4O3. The molecule has 3 N–H and O–H groups in total. The van der Waals surface area contributed by atoms with Gasteiger partial charge in [0.2, 0.25) is 5.60 Å². The van der Waals surface area contributed by atoms with Crippen molar-refractivity contribution < 1.29 is 27.8 Å². The molecule has 1 unspecified atom stereocenters. The number of aliphatic hydroxyl groups is 1. The summed E-state index contributed by atoms with van der Waals surface area (Å²) in [6.07, 6.45) is -3.27. The van der Waals surface area contributed by atoms with Gasteiger partial charge in [0.05, 0.1) is 6.54 Å². The highest BCUT2D eigenvalue weighted by Crippen LogP contribution is 2.40. The lowest BCUT2D eigenvalue weighted by atomic mass is 9.97. The lowest BCUT2D eigenvalue weighted by molar-refractivity contribution is -0.272. The number of rotatable bonds is 8. The first-order valence-corrected chi connectivity index (χ1v) is 8.68. The quantitative estimate of drug-likeness (QED) is 0.573. The topological polar surface area (TPSA) is 88.4 Å². The Morgan fingerprint density at radius 2 is 1.89 bits per heavy atom. The van der Waals surface area contributed by atoms with Crippen molar-refractivity contribution in [1.82, 2.24) is 20.2 Å². The van der Waals surface area contributed by atoms with E-state index in [4.69, 9.17) is 16.3 Å². The number of carbonyl (C=O) groups is 1. The molecule has 0 aliphatic carbocycles. The molecule has 1 aromatic carbocycles. The van der Waals surface area contributed by atoms with E-state index in [1.165, 1.54) is 13.2 Å². The minimum absolute atomic E-state index is 0.136. The maximum atomic E-state index is 13.4. The molecule has 0 radical (unpaired) electrons. The average Bonchev–Trinajstić information content (AvgIpc) is 3.05. The van der Waals surface area contributed by atoms with E-state index in [9.17, 15) is 23.1 Å². The zero-order valence-corrected chi connectivity index (χ0v) is 15.7. The van der Waals surface area contributed by atoms with Gasteiger partial charge < -0.3 is 25.0 Å². The molecule has 7 nitrogen and oxygen atoms in total. The minimum Gasteiger partial charge on any atom is -0.492 e. The number of aryl methyl sites for hydroxylation is 1. The molecule has 28 heavy (non-hydrogen) atoms. The molecule has 1 heterocycles. The highest BCUT2D eigenvalue weighted by molar-refractivity contribution is 6.30. The van der Waals surface area contributed by atoms with Crippen LogP contribution in [0, 0.1) is 0 Å². The highest BCUT2D eigenvalue weighted by atomic mass is 35.5. The summed E-state index contributed by atoms with van der Waals surface area (Å²) in [4.78, 5) is 15.3. The third kappa shape index (κ3) is 5.52. The van der Waals surface area contributed by atoms with Crippen molar-refractivity contribution in [2.45, 2.75) is 18.2 Å². The summed E-state index contributed by atoms with van der Waals surface area (Å²) >= 11 is 5.75. The van der Waals surface area contributed by atoms with Gasteiger partial charge in [-0.3, -0.25) is 0 Å². The molecule has 2 aromatic rings. The van der Waals surface area contributed by atoms with Crippen LogP contribution in [0.15, 0.2) is 36.7 Å². The number of hydrogen-bond acceptors (Lipinski definition) is 4. The summed E-state index contributed by atoms with van der Waals surface area (Å²) in [6.45, 7) is -0.112. The Balaban J connectivity index is 1.77. The number of halogens is 4. The Labute approximate surface area is 164 Å². The molecule has 2 amide bonds. The zero-order chi connectivity index (χ0) is 20.8. The number of amides is 2. The van der Waals surface area contributed by atoms with Gasteiger partial charge in [-0.05, 0) is 24.3 Å². The van der Waals surface area contributed by atoms with Gasteiger partial charge in [0.1, 0.15) is 18.2 Å². The second-order valence-electron chi connectivity index (χ2n) is 5.95. The molecule has 0 spiro atoms. The van der Waals surface area contributed by atoms with Crippen LogP contribution in [0.4, 0.5) is 18.0 Å². The van der Waals surface area contributed by atoms with E-state index in [0.29, 0.717) is 10.8 Å². The van der Waals surface area contributed by atoms with Gasteiger partial charge in [0, 0.05) is 37.4 Å².